The lowest BCUT2D eigenvalue weighted by molar-refractivity contribution is 0.0308. The van der Waals surface area contributed by atoms with Crippen molar-refractivity contribution in [1.82, 2.24) is 14.5 Å². The van der Waals surface area contributed by atoms with Crippen LogP contribution < -0.4 is 5.32 Å². The van der Waals surface area contributed by atoms with Crippen LogP contribution >= 0.6 is 24.0 Å². The van der Waals surface area contributed by atoms with Gasteiger partial charge in [-0.2, -0.15) is 4.31 Å². The fourth-order valence-corrected chi connectivity index (χ4v) is 3.74. The molecule has 1 rings (SSSR count). The van der Waals surface area contributed by atoms with Gasteiger partial charge in [-0.25, -0.2) is 8.42 Å². The summed E-state index contributed by atoms with van der Waals surface area (Å²) in [6, 6.07) is 0. The number of guanidine groups is 1. The summed E-state index contributed by atoms with van der Waals surface area (Å²) in [5, 5.41) is 3.28. The zero-order chi connectivity index (χ0) is 19.8. The molecule has 0 aromatic heterocycles. The molecule has 162 valence electrons. The Balaban J connectivity index is 0.00000676. The van der Waals surface area contributed by atoms with E-state index in [0.717, 1.165) is 12.5 Å². The molecule has 0 spiro atoms. The van der Waals surface area contributed by atoms with E-state index in [9.17, 15) is 8.42 Å². The van der Waals surface area contributed by atoms with Crippen LogP contribution in [0.2, 0.25) is 0 Å². The third kappa shape index (κ3) is 9.73. The summed E-state index contributed by atoms with van der Waals surface area (Å²) in [5.74, 6) is 0.833. The number of piperazine rings is 1. The average molecular weight is 520 g/mol. The van der Waals surface area contributed by atoms with Crippen LogP contribution in [0, 0.1) is 0 Å². The summed E-state index contributed by atoms with van der Waals surface area (Å²) >= 11 is 0. The van der Waals surface area contributed by atoms with E-state index in [1.165, 1.54) is 0 Å². The van der Waals surface area contributed by atoms with E-state index in [-0.39, 0.29) is 48.0 Å². The molecule has 0 bridgehead atoms. The molecule has 10 heteroatoms. The van der Waals surface area contributed by atoms with Crippen LogP contribution in [-0.2, 0) is 19.5 Å². The molecule has 1 N–H and O–H groups in total. The topological polar surface area (TPSA) is 83.5 Å². The first-order valence-corrected chi connectivity index (χ1v) is 10.9. The van der Waals surface area contributed by atoms with Crippen LogP contribution in [-0.4, -0.2) is 94.0 Å². The maximum Gasteiger partial charge on any atom is 0.216 e. The van der Waals surface area contributed by atoms with E-state index in [2.05, 4.69) is 15.2 Å². The molecular formula is C17H37IN4O4S. The zero-order valence-electron chi connectivity index (χ0n) is 17.5. The van der Waals surface area contributed by atoms with Crippen molar-refractivity contribution in [2.24, 2.45) is 4.99 Å². The average Bonchev–Trinajstić information content (AvgIpc) is 2.58. The zero-order valence-corrected chi connectivity index (χ0v) is 20.7. The third-order valence-corrected chi connectivity index (χ3v) is 6.06. The molecule has 1 fully saturated rings. The van der Waals surface area contributed by atoms with E-state index >= 15 is 0 Å². The summed E-state index contributed by atoms with van der Waals surface area (Å²) in [7, 11) is -1.60. The SMILES string of the molecule is CCNC(=NCC(C)(C)OC)N1CCN(S(=O)(=O)CCOC(C)C)CC1.I. The highest BCUT2D eigenvalue weighted by Crippen LogP contribution is 2.11. The van der Waals surface area contributed by atoms with E-state index < -0.39 is 10.0 Å². The van der Waals surface area contributed by atoms with Gasteiger partial charge in [0.15, 0.2) is 5.96 Å². The van der Waals surface area contributed by atoms with Crippen LogP contribution in [0.3, 0.4) is 0 Å². The lowest BCUT2D eigenvalue weighted by Crippen LogP contribution is -2.54. The Labute approximate surface area is 182 Å². The molecule has 27 heavy (non-hydrogen) atoms. The number of hydrogen-bond donors (Lipinski definition) is 1. The van der Waals surface area contributed by atoms with Gasteiger partial charge in [0.2, 0.25) is 10.0 Å². The van der Waals surface area contributed by atoms with Crippen LogP contribution in [0.1, 0.15) is 34.6 Å². The van der Waals surface area contributed by atoms with Crippen molar-refractivity contribution in [2.45, 2.75) is 46.3 Å². The number of hydrogen-bond acceptors (Lipinski definition) is 5. The molecule has 1 aliphatic heterocycles. The molecule has 0 aromatic rings. The maximum absolute atomic E-state index is 12.4. The highest BCUT2D eigenvalue weighted by molar-refractivity contribution is 14.0. The molecular weight excluding hydrogens is 483 g/mol. The maximum atomic E-state index is 12.4. The van der Waals surface area contributed by atoms with Gasteiger partial charge in [-0.05, 0) is 34.6 Å². The van der Waals surface area contributed by atoms with E-state index in [4.69, 9.17) is 9.47 Å². The number of methoxy groups -OCH3 is 1. The number of nitrogens with one attached hydrogen (secondary N) is 1. The van der Waals surface area contributed by atoms with Gasteiger partial charge in [0, 0.05) is 39.8 Å². The van der Waals surface area contributed by atoms with Crippen molar-refractivity contribution >= 4 is 40.0 Å². The van der Waals surface area contributed by atoms with Gasteiger partial charge >= 0.3 is 0 Å². The van der Waals surface area contributed by atoms with Gasteiger partial charge in [0.1, 0.15) is 0 Å². The number of sulfonamides is 1. The van der Waals surface area contributed by atoms with Gasteiger partial charge in [0.05, 0.1) is 30.6 Å². The summed E-state index contributed by atoms with van der Waals surface area (Å²) in [6.07, 6.45) is 0.0392. The summed E-state index contributed by atoms with van der Waals surface area (Å²) in [6.45, 7) is 13.5. The fraction of sp³-hybridized carbons (Fsp3) is 0.941. The highest BCUT2D eigenvalue weighted by atomic mass is 127. The van der Waals surface area contributed by atoms with Gasteiger partial charge in [-0.3, -0.25) is 4.99 Å². The summed E-state index contributed by atoms with van der Waals surface area (Å²) in [4.78, 5) is 6.76. The smallest absolute Gasteiger partial charge is 0.216 e. The number of rotatable bonds is 9. The van der Waals surface area contributed by atoms with Gasteiger partial charge in [0.25, 0.3) is 0 Å². The van der Waals surface area contributed by atoms with Gasteiger partial charge in [-0.15, -0.1) is 24.0 Å². The lowest BCUT2D eigenvalue weighted by atomic mass is 10.1. The first kappa shape index (κ1) is 26.8. The monoisotopic (exact) mass is 520 g/mol. The molecule has 0 aliphatic carbocycles. The van der Waals surface area contributed by atoms with E-state index in [0.29, 0.717) is 32.7 Å². The van der Waals surface area contributed by atoms with Crippen molar-refractivity contribution < 1.29 is 17.9 Å². The largest absolute Gasteiger partial charge is 0.378 e. The van der Waals surface area contributed by atoms with Crippen molar-refractivity contribution in [3.8, 4) is 0 Å². The molecule has 0 aromatic carbocycles. The van der Waals surface area contributed by atoms with E-state index in [1.54, 1.807) is 11.4 Å². The second-order valence-corrected chi connectivity index (χ2v) is 9.34. The second kappa shape index (κ2) is 12.4. The number of halogens is 1. The Morgan fingerprint density at radius 3 is 2.30 bits per heavy atom. The predicted molar refractivity (Wildman–Crippen MR) is 121 cm³/mol. The van der Waals surface area contributed by atoms with Crippen LogP contribution in [0.5, 0.6) is 0 Å². The van der Waals surface area contributed by atoms with Crippen molar-refractivity contribution in [3.63, 3.8) is 0 Å². The fourth-order valence-electron chi connectivity index (χ4n) is 2.45. The van der Waals surface area contributed by atoms with Crippen molar-refractivity contribution in [3.05, 3.63) is 0 Å². The van der Waals surface area contributed by atoms with Gasteiger partial charge < -0.3 is 19.7 Å². The molecule has 8 nitrogen and oxygen atoms in total. The minimum absolute atomic E-state index is 0. The Morgan fingerprint density at radius 2 is 1.81 bits per heavy atom. The Bertz CT molecular complexity index is 547. The molecule has 1 aliphatic rings. The second-order valence-electron chi connectivity index (χ2n) is 7.26. The molecule has 0 unspecified atom stereocenters. The Hall–Kier alpha value is -0.170. The Kier molecular flexibility index (Phi) is 12.3. The summed E-state index contributed by atoms with van der Waals surface area (Å²) < 4.78 is 37.2. The minimum atomic E-state index is -3.28. The predicted octanol–water partition coefficient (Wildman–Crippen LogP) is 1.37. The van der Waals surface area contributed by atoms with Crippen molar-refractivity contribution in [1.29, 1.82) is 0 Å². The van der Waals surface area contributed by atoms with E-state index in [1.807, 2.05) is 34.6 Å². The molecule has 0 amide bonds. The first-order chi connectivity index (χ1) is 12.1. The molecule has 0 radical (unpaired) electrons. The molecule has 1 saturated heterocycles. The molecule has 0 saturated carbocycles. The quantitative estimate of drug-likeness (QED) is 0.281. The molecule has 0 atom stereocenters. The van der Waals surface area contributed by atoms with Crippen LogP contribution in [0.15, 0.2) is 4.99 Å². The van der Waals surface area contributed by atoms with Crippen LogP contribution in [0.4, 0.5) is 0 Å². The highest BCUT2D eigenvalue weighted by Gasteiger charge is 2.28. The minimum Gasteiger partial charge on any atom is -0.378 e. The Morgan fingerprint density at radius 1 is 1.22 bits per heavy atom. The first-order valence-electron chi connectivity index (χ1n) is 9.29. The number of nitrogens with zero attached hydrogens (tertiary/aromatic N) is 3. The standard InChI is InChI=1S/C17H36N4O4S.HI/c1-7-18-16(19-14-17(4,5)24-6)20-8-10-21(11-9-20)26(22,23)13-12-25-15(2)3;/h15H,7-14H2,1-6H3,(H,18,19);1H. The lowest BCUT2D eigenvalue weighted by Gasteiger charge is -2.36. The third-order valence-electron chi connectivity index (χ3n) is 4.22. The van der Waals surface area contributed by atoms with Crippen LogP contribution in [0.25, 0.3) is 0 Å². The number of ether oxygens (including phenoxy) is 2. The van der Waals surface area contributed by atoms with Crippen molar-refractivity contribution in [2.75, 3.05) is 58.7 Å². The van der Waals surface area contributed by atoms with Gasteiger partial charge in [-0.1, -0.05) is 0 Å². The number of aliphatic imine (C=N–C) groups is 1. The summed E-state index contributed by atoms with van der Waals surface area (Å²) in [5.41, 5.74) is -0.331. The molecule has 1 heterocycles. The normalized spacial score (nSPS) is 17.1.